The second-order valence-corrected chi connectivity index (χ2v) is 7.69. The Balaban J connectivity index is 0.00000208. The molecule has 0 aliphatic carbocycles. The Morgan fingerprint density at radius 3 is 2.88 bits per heavy atom. The second kappa shape index (κ2) is 7.93. The number of carbonyl (C=O) groups excluding carboxylic acids is 1. The third-order valence-corrected chi connectivity index (χ3v) is 5.60. The van der Waals surface area contributed by atoms with Crippen molar-refractivity contribution in [1.29, 1.82) is 0 Å². The average molecular weight is 389 g/mol. The molecule has 1 aromatic carbocycles. The summed E-state index contributed by atoms with van der Waals surface area (Å²) in [5.74, 6) is -0.148. The van der Waals surface area contributed by atoms with Crippen molar-refractivity contribution < 1.29 is 13.2 Å². The van der Waals surface area contributed by atoms with E-state index in [2.05, 4.69) is 20.3 Å². The molecule has 1 amide bonds. The molecule has 0 bridgehead atoms. The van der Waals surface area contributed by atoms with E-state index in [-0.39, 0.29) is 29.3 Å². The lowest BCUT2D eigenvalue weighted by atomic mass is 10.2. The predicted octanol–water partition coefficient (Wildman–Crippen LogP) is 2.06. The maximum atomic E-state index is 12.3. The molecule has 7 nitrogen and oxygen atoms in total. The minimum Gasteiger partial charge on any atom is -0.325 e. The number of amides is 1. The van der Waals surface area contributed by atoms with Crippen LogP contribution in [-0.4, -0.2) is 31.9 Å². The van der Waals surface area contributed by atoms with E-state index < -0.39 is 10.0 Å². The van der Waals surface area contributed by atoms with Crippen LogP contribution in [-0.2, 0) is 14.8 Å². The van der Waals surface area contributed by atoms with Gasteiger partial charge >= 0.3 is 0 Å². The SMILES string of the molecule is Cl.O=C(Nc1cccc(S(=O)(=O)Nc2nccs2)c1)C1CCCN1. The number of nitrogens with one attached hydrogen (secondary N) is 3. The van der Waals surface area contributed by atoms with Crippen LogP contribution >= 0.6 is 23.7 Å². The average Bonchev–Trinajstić information content (AvgIpc) is 3.20. The lowest BCUT2D eigenvalue weighted by molar-refractivity contribution is -0.117. The number of halogens is 1. The fourth-order valence-corrected chi connectivity index (χ4v) is 4.16. The molecule has 24 heavy (non-hydrogen) atoms. The zero-order chi connectivity index (χ0) is 16.3. The first-order valence-corrected chi connectivity index (χ1v) is 9.47. The zero-order valence-corrected chi connectivity index (χ0v) is 15.0. The van der Waals surface area contributed by atoms with Crippen LogP contribution in [0.1, 0.15) is 12.8 Å². The number of sulfonamides is 1. The molecule has 0 saturated carbocycles. The summed E-state index contributed by atoms with van der Waals surface area (Å²) in [5, 5.41) is 7.83. The first-order valence-electron chi connectivity index (χ1n) is 7.11. The van der Waals surface area contributed by atoms with Gasteiger partial charge in [0.2, 0.25) is 5.91 Å². The van der Waals surface area contributed by atoms with Gasteiger partial charge < -0.3 is 10.6 Å². The highest BCUT2D eigenvalue weighted by Crippen LogP contribution is 2.21. The van der Waals surface area contributed by atoms with Crippen LogP contribution in [0, 0.1) is 0 Å². The number of nitrogens with zero attached hydrogens (tertiary/aromatic N) is 1. The fourth-order valence-electron chi connectivity index (χ4n) is 2.33. The minimum atomic E-state index is -3.73. The van der Waals surface area contributed by atoms with Crippen LogP contribution < -0.4 is 15.4 Å². The molecule has 2 heterocycles. The van der Waals surface area contributed by atoms with Gasteiger partial charge in [0.1, 0.15) is 0 Å². The normalized spacial score (nSPS) is 17.1. The van der Waals surface area contributed by atoms with E-state index in [4.69, 9.17) is 0 Å². The van der Waals surface area contributed by atoms with Gasteiger partial charge in [0.15, 0.2) is 5.13 Å². The Kier molecular flexibility index (Phi) is 6.16. The number of hydrogen-bond donors (Lipinski definition) is 3. The maximum Gasteiger partial charge on any atom is 0.263 e. The predicted molar refractivity (Wildman–Crippen MR) is 96.3 cm³/mol. The van der Waals surface area contributed by atoms with Crippen LogP contribution in [0.25, 0.3) is 0 Å². The number of benzene rings is 1. The highest BCUT2D eigenvalue weighted by Gasteiger charge is 2.22. The monoisotopic (exact) mass is 388 g/mol. The summed E-state index contributed by atoms with van der Waals surface area (Å²) in [6, 6.07) is 5.94. The Morgan fingerprint density at radius 1 is 1.38 bits per heavy atom. The molecule has 1 aliphatic heterocycles. The molecule has 0 spiro atoms. The molecule has 1 unspecified atom stereocenters. The third kappa shape index (κ3) is 4.44. The van der Waals surface area contributed by atoms with E-state index in [9.17, 15) is 13.2 Å². The summed E-state index contributed by atoms with van der Waals surface area (Å²) >= 11 is 1.20. The summed E-state index contributed by atoms with van der Waals surface area (Å²) in [4.78, 5) is 16.1. The molecule has 3 N–H and O–H groups in total. The summed E-state index contributed by atoms with van der Waals surface area (Å²) in [7, 11) is -3.73. The first-order chi connectivity index (χ1) is 11.0. The summed E-state index contributed by atoms with van der Waals surface area (Å²) < 4.78 is 27.1. The van der Waals surface area contributed by atoms with Crippen LogP contribution in [0.5, 0.6) is 0 Å². The highest BCUT2D eigenvalue weighted by atomic mass is 35.5. The molecule has 130 valence electrons. The summed E-state index contributed by atoms with van der Waals surface area (Å²) in [6.07, 6.45) is 3.27. The molecule has 1 saturated heterocycles. The number of rotatable bonds is 5. The highest BCUT2D eigenvalue weighted by molar-refractivity contribution is 7.93. The van der Waals surface area contributed by atoms with Crippen molar-refractivity contribution in [3.8, 4) is 0 Å². The summed E-state index contributed by atoms with van der Waals surface area (Å²) in [5.41, 5.74) is 0.450. The Labute approximate surface area is 150 Å². The van der Waals surface area contributed by atoms with Gasteiger partial charge in [0.25, 0.3) is 10.0 Å². The van der Waals surface area contributed by atoms with Crippen molar-refractivity contribution in [2.45, 2.75) is 23.8 Å². The number of carbonyl (C=O) groups is 1. The maximum absolute atomic E-state index is 12.3. The van der Waals surface area contributed by atoms with Gasteiger partial charge in [-0.05, 0) is 37.6 Å². The molecule has 1 atom stereocenters. The van der Waals surface area contributed by atoms with Crippen molar-refractivity contribution in [3.05, 3.63) is 35.8 Å². The third-order valence-electron chi connectivity index (χ3n) is 3.44. The molecular weight excluding hydrogens is 372 g/mol. The van der Waals surface area contributed by atoms with E-state index in [1.54, 1.807) is 17.5 Å². The van der Waals surface area contributed by atoms with Crippen molar-refractivity contribution in [3.63, 3.8) is 0 Å². The topological polar surface area (TPSA) is 100 Å². The summed E-state index contributed by atoms with van der Waals surface area (Å²) in [6.45, 7) is 0.824. The first kappa shape index (κ1) is 18.7. The van der Waals surface area contributed by atoms with Crippen LogP contribution in [0.4, 0.5) is 10.8 Å². The lowest BCUT2D eigenvalue weighted by Gasteiger charge is -2.12. The van der Waals surface area contributed by atoms with Crippen LogP contribution in [0.15, 0.2) is 40.7 Å². The van der Waals surface area contributed by atoms with E-state index >= 15 is 0 Å². The van der Waals surface area contributed by atoms with Crippen molar-refractivity contribution in [1.82, 2.24) is 10.3 Å². The van der Waals surface area contributed by atoms with Crippen molar-refractivity contribution in [2.24, 2.45) is 0 Å². The molecule has 2 aromatic rings. The molecule has 1 aromatic heterocycles. The largest absolute Gasteiger partial charge is 0.325 e. The van der Waals surface area contributed by atoms with Gasteiger partial charge in [-0.1, -0.05) is 6.07 Å². The lowest BCUT2D eigenvalue weighted by Crippen LogP contribution is -2.35. The van der Waals surface area contributed by atoms with Gasteiger partial charge in [-0.2, -0.15) is 0 Å². The second-order valence-electron chi connectivity index (χ2n) is 5.11. The zero-order valence-electron chi connectivity index (χ0n) is 12.6. The molecular formula is C14H17ClN4O3S2. The van der Waals surface area contributed by atoms with Crippen molar-refractivity contribution >= 4 is 50.5 Å². The van der Waals surface area contributed by atoms with Gasteiger partial charge in [-0.25, -0.2) is 13.4 Å². The molecule has 1 fully saturated rings. The fraction of sp³-hybridized carbons (Fsp3) is 0.286. The van der Waals surface area contributed by atoms with E-state index in [0.717, 1.165) is 19.4 Å². The van der Waals surface area contributed by atoms with Gasteiger partial charge in [0, 0.05) is 17.3 Å². The Hall–Kier alpha value is -1.68. The van der Waals surface area contributed by atoms with Crippen LogP contribution in [0.2, 0.25) is 0 Å². The number of hydrogen-bond acceptors (Lipinski definition) is 6. The molecule has 1 aliphatic rings. The molecule has 3 rings (SSSR count). The molecule has 10 heteroatoms. The molecule has 0 radical (unpaired) electrons. The van der Waals surface area contributed by atoms with E-state index in [1.807, 2.05) is 0 Å². The van der Waals surface area contributed by atoms with Gasteiger partial charge in [0.05, 0.1) is 10.9 Å². The number of thiazole rings is 1. The van der Waals surface area contributed by atoms with Gasteiger partial charge in [-0.3, -0.25) is 9.52 Å². The van der Waals surface area contributed by atoms with Crippen molar-refractivity contribution in [2.75, 3.05) is 16.6 Å². The number of aromatic nitrogens is 1. The number of anilines is 2. The van der Waals surface area contributed by atoms with Crippen LogP contribution in [0.3, 0.4) is 0 Å². The minimum absolute atomic E-state index is 0. The standard InChI is InChI=1S/C14H16N4O3S2.ClH/c19-13(12-5-2-6-15-12)17-10-3-1-4-11(9-10)23(20,21)18-14-16-7-8-22-14;/h1,3-4,7-9,12,15H,2,5-6H2,(H,16,18)(H,17,19);1H. The Bertz CT molecular complexity index is 790. The van der Waals surface area contributed by atoms with E-state index in [0.29, 0.717) is 10.8 Å². The van der Waals surface area contributed by atoms with E-state index in [1.165, 1.54) is 29.7 Å². The van der Waals surface area contributed by atoms with Gasteiger partial charge in [-0.15, -0.1) is 23.7 Å². The Morgan fingerprint density at radius 2 is 2.21 bits per heavy atom. The smallest absolute Gasteiger partial charge is 0.263 e. The quantitative estimate of drug-likeness (QED) is 0.727.